The number of hydrogen-bond donors (Lipinski definition) is 1. The summed E-state index contributed by atoms with van der Waals surface area (Å²) < 4.78 is 10.7. The van der Waals surface area contributed by atoms with Gasteiger partial charge >= 0.3 is 0 Å². The lowest BCUT2D eigenvalue weighted by molar-refractivity contribution is -0.141. The van der Waals surface area contributed by atoms with E-state index < -0.39 is 6.04 Å². The van der Waals surface area contributed by atoms with E-state index in [0.717, 1.165) is 28.0 Å². The zero-order chi connectivity index (χ0) is 26.7. The number of benzene rings is 4. The van der Waals surface area contributed by atoms with Gasteiger partial charge < -0.3 is 19.7 Å². The number of para-hydroxylation sites is 1. The third-order valence-corrected chi connectivity index (χ3v) is 6.35. The molecule has 4 rings (SSSR count). The maximum atomic E-state index is 13.8. The fourth-order valence-electron chi connectivity index (χ4n) is 4.36. The Balaban J connectivity index is 1.67. The minimum atomic E-state index is -0.829. The van der Waals surface area contributed by atoms with Gasteiger partial charge in [0.05, 0.1) is 20.6 Å². The number of ether oxygens (including phenoxy) is 2. The molecule has 0 aliphatic rings. The molecule has 4 aromatic rings. The van der Waals surface area contributed by atoms with E-state index in [9.17, 15) is 9.59 Å². The van der Waals surface area contributed by atoms with Crippen molar-refractivity contribution in [1.29, 1.82) is 0 Å². The molecule has 0 fully saturated rings. The van der Waals surface area contributed by atoms with Gasteiger partial charge in [0.2, 0.25) is 11.8 Å². The molecule has 1 atom stereocenters. The molecule has 0 radical (unpaired) electrons. The van der Waals surface area contributed by atoms with Crippen LogP contribution in [-0.2, 0) is 29.1 Å². The van der Waals surface area contributed by atoms with Crippen LogP contribution in [0.1, 0.15) is 28.3 Å². The summed E-state index contributed by atoms with van der Waals surface area (Å²) in [7, 11) is 3.22. The van der Waals surface area contributed by atoms with Crippen LogP contribution < -0.4 is 14.8 Å². The van der Waals surface area contributed by atoms with Crippen LogP contribution in [-0.4, -0.2) is 30.9 Å². The maximum Gasteiger partial charge on any atom is 0.247 e. The molecule has 2 amide bonds. The van der Waals surface area contributed by atoms with Crippen molar-refractivity contribution in [2.24, 2.45) is 0 Å². The van der Waals surface area contributed by atoms with Gasteiger partial charge in [-0.2, -0.15) is 0 Å². The quantitative estimate of drug-likeness (QED) is 0.297. The highest BCUT2D eigenvalue weighted by molar-refractivity contribution is 5.89. The summed E-state index contributed by atoms with van der Waals surface area (Å²) in [4.78, 5) is 29.3. The van der Waals surface area contributed by atoms with E-state index in [1.165, 1.54) is 0 Å². The Morgan fingerprint density at radius 1 is 0.737 bits per heavy atom. The van der Waals surface area contributed by atoms with Gasteiger partial charge in [-0.3, -0.25) is 9.59 Å². The van der Waals surface area contributed by atoms with Crippen molar-refractivity contribution in [2.45, 2.75) is 25.6 Å². The molecule has 6 nitrogen and oxygen atoms in total. The second-order valence-electron chi connectivity index (χ2n) is 8.87. The van der Waals surface area contributed by atoms with Crippen molar-refractivity contribution in [3.8, 4) is 11.5 Å². The van der Waals surface area contributed by atoms with E-state index in [1.807, 2.05) is 109 Å². The summed E-state index contributed by atoms with van der Waals surface area (Å²) in [6.07, 6.45) is 0.181. The fourth-order valence-corrected chi connectivity index (χ4v) is 4.36. The molecule has 0 saturated carbocycles. The molecule has 38 heavy (non-hydrogen) atoms. The number of amides is 2. The van der Waals surface area contributed by atoms with Crippen molar-refractivity contribution in [2.75, 3.05) is 14.2 Å². The molecule has 0 bridgehead atoms. The molecule has 6 heteroatoms. The van der Waals surface area contributed by atoms with Crippen LogP contribution in [0.4, 0.5) is 0 Å². The molecule has 4 aromatic carbocycles. The Morgan fingerprint density at radius 3 is 2.03 bits per heavy atom. The number of carbonyl (C=O) groups excluding carboxylic acids is 2. The van der Waals surface area contributed by atoms with Gasteiger partial charge in [-0.15, -0.1) is 0 Å². The van der Waals surface area contributed by atoms with Crippen LogP contribution in [0.2, 0.25) is 0 Å². The van der Waals surface area contributed by atoms with E-state index in [2.05, 4.69) is 5.32 Å². The lowest BCUT2D eigenvalue weighted by Crippen LogP contribution is -2.43. The second-order valence-corrected chi connectivity index (χ2v) is 8.87. The molecular weight excluding hydrogens is 476 g/mol. The fraction of sp³-hybridized carbons (Fsp3) is 0.188. The molecule has 0 aliphatic carbocycles. The number of nitrogens with one attached hydrogen (secondary N) is 1. The number of rotatable bonds is 11. The molecule has 0 saturated heterocycles. The van der Waals surface area contributed by atoms with Gasteiger partial charge in [0.1, 0.15) is 17.5 Å². The molecule has 0 aromatic heterocycles. The predicted octanol–water partition coefficient (Wildman–Crippen LogP) is 5.33. The minimum absolute atomic E-state index is 0.145. The summed E-state index contributed by atoms with van der Waals surface area (Å²) in [5.41, 5.74) is 3.37. The summed E-state index contributed by atoms with van der Waals surface area (Å²) in [5.74, 6) is 1.01. The number of methoxy groups -OCH3 is 2. The molecule has 0 spiro atoms. The summed E-state index contributed by atoms with van der Waals surface area (Å²) in [6, 6.07) is 33.2. The molecule has 194 valence electrons. The smallest absolute Gasteiger partial charge is 0.247 e. The Bertz CT molecular complexity index is 1320. The molecule has 0 aliphatic heterocycles. The van der Waals surface area contributed by atoms with Crippen molar-refractivity contribution in [1.82, 2.24) is 10.2 Å². The normalized spacial score (nSPS) is 11.3. The second kappa shape index (κ2) is 13.1. The first-order valence-corrected chi connectivity index (χ1v) is 12.5. The zero-order valence-electron chi connectivity index (χ0n) is 21.7. The highest BCUT2D eigenvalue weighted by Crippen LogP contribution is 2.26. The molecule has 0 heterocycles. The highest BCUT2D eigenvalue weighted by Gasteiger charge is 2.31. The van der Waals surface area contributed by atoms with E-state index >= 15 is 0 Å². The van der Waals surface area contributed by atoms with Crippen LogP contribution in [0.25, 0.3) is 0 Å². The van der Waals surface area contributed by atoms with Gasteiger partial charge in [0, 0.05) is 18.7 Å². The Hall–Kier alpha value is -4.58. The van der Waals surface area contributed by atoms with Crippen LogP contribution in [0.5, 0.6) is 11.5 Å². The van der Waals surface area contributed by atoms with Crippen molar-refractivity contribution < 1.29 is 19.1 Å². The summed E-state index contributed by atoms with van der Waals surface area (Å²) in [5, 5.41) is 3.04. The van der Waals surface area contributed by atoms with Crippen LogP contribution in [0.3, 0.4) is 0 Å². The topological polar surface area (TPSA) is 67.9 Å². The van der Waals surface area contributed by atoms with Crippen LogP contribution in [0.15, 0.2) is 109 Å². The first kappa shape index (κ1) is 26.5. The highest BCUT2D eigenvalue weighted by atomic mass is 16.5. The standard InChI is InChI=1S/C32H32N2O4/c1-37-28-19-17-25(18-20-28)23-34(30(35)21-24-11-5-3-6-12-24)31(26-13-7-4-8-14-26)32(36)33-22-27-15-9-10-16-29(27)38-2/h3-20,31H,21-23H2,1-2H3,(H,33,36)/t31-/m1/s1. The number of nitrogens with zero attached hydrogens (tertiary/aromatic N) is 1. The lowest BCUT2D eigenvalue weighted by Gasteiger charge is -2.32. The van der Waals surface area contributed by atoms with Gasteiger partial charge in [-0.05, 0) is 34.9 Å². The Kier molecular flexibility index (Phi) is 9.13. The van der Waals surface area contributed by atoms with E-state index in [-0.39, 0.29) is 31.3 Å². The first-order valence-electron chi connectivity index (χ1n) is 12.5. The Morgan fingerprint density at radius 2 is 1.37 bits per heavy atom. The summed E-state index contributed by atoms with van der Waals surface area (Å²) >= 11 is 0. The minimum Gasteiger partial charge on any atom is -0.497 e. The largest absolute Gasteiger partial charge is 0.497 e. The van der Waals surface area contributed by atoms with Gasteiger partial charge in [0.25, 0.3) is 0 Å². The van der Waals surface area contributed by atoms with Gasteiger partial charge in [0.15, 0.2) is 0 Å². The third-order valence-electron chi connectivity index (χ3n) is 6.35. The van der Waals surface area contributed by atoms with Crippen LogP contribution in [0, 0.1) is 0 Å². The van der Waals surface area contributed by atoms with Crippen molar-refractivity contribution in [3.63, 3.8) is 0 Å². The number of hydrogen-bond acceptors (Lipinski definition) is 4. The van der Waals surface area contributed by atoms with E-state index in [0.29, 0.717) is 5.75 Å². The zero-order valence-corrected chi connectivity index (χ0v) is 21.7. The van der Waals surface area contributed by atoms with Gasteiger partial charge in [-0.1, -0.05) is 91.0 Å². The molecular formula is C32H32N2O4. The summed E-state index contributed by atoms with van der Waals surface area (Å²) in [6.45, 7) is 0.534. The maximum absolute atomic E-state index is 13.8. The monoisotopic (exact) mass is 508 g/mol. The predicted molar refractivity (Wildman–Crippen MR) is 148 cm³/mol. The average Bonchev–Trinajstić information content (AvgIpc) is 2.97. The van der Waals surface area contributed by atoms with E-state index in [4.69, 9.17) is 9.47 Å². The Labute approximate surface area is 223 Å². The van der Waals surface area contributed by atoms with Crippen molar-refractivity contribution in [3.05, 3.63) is 131 Å². The van der Waals surface area contributed by atoms with E-state index in [1.54, 1.807) is 19.1 Å². The number of carbonyl (C=O) groups is 2. The van der Waals surface area contributed by atoms with Crippen LogP contribution >= 0.6 is 0 Å². The SMILES string of the molecule is COc1ccc(CN(C(=O)Cc2ccccc2)[C@@H](C(=O)NCc2ccccc2OC)c2ccccc2)cc1. The molecule has 0 unspecified atom stereocenters. The average molecular weight is 509 g/mol. The first-order chi connectivity index (χ1) is 18.6. The third kappa shape index (κ3) is 6.79. The lowest BCUT2D eigenvalue weighted by atomic mass is 10.0. The van der Waals surface area contributed by atoms with Gasteiger partial charge in [-0.25, -0.2) is 0 Å². The van der Waals surface area contributed by atoms with Crippen molar-refractivity contribution >= 4 is 11.8 Å². The molecule has 1 N–H and O–H groups in total.